The van der Waals surface area contributed by atoms with Gasteiger partial charge in [0.15, 0.2) is 0 Å². The lowest BCUT2D eigenvalue weighted by Gasteiger charge is -2.15. The molecule has 0 aromatic heterocycles. The highest BCUT2D eigenvalue weighted by Crippen LogP contribution is 2.14. The Morgan fingerprint density at radius 3 is 2.72 bits per heavy atom. The van der Waals surface area contributed by atoms with Crippen LogP contribution in [0.1, 0.15) is 24.8 Å². The van der Waals surface area contributed by atoms with Gasteiger partial charge in [-0.3, -0.25) is 4.79 Å². The van der Waals surface area contributed by atoms with Crippen molar-refractivity contribution in [3.05, 3.63) is 29.8 Å². The van der Waals surface area contributed by atoms with Crippen molar-refractivity contribution in [1.82, 2.24) is 10.2 Å². The van der Waals surface area contributed by atoms with Gasteiger partial charge in [0.2, 0.25) is 5.91 Å². The fourth-order valence-electron chi connectivity index (χ4n) is 2.20. The van der Waals surface area contributed by atoms with Crippen LogP contribution in [0.25, 0.3) is 0 Å². The van der Waals surface area contributed by atoms with Gasteiger partial charge < -0.3 is 15.3 Å². The zero-order chi connectivity index (χ0) is 12.8. The second-order valence-electron chi connectivity index (χ2n) is 4.64. The highest BCUT2D eigenvalue weighted by molar-refractivity contribution is 5.76. The van der Waals surface area contributed by atoms with Crippen LogP contribution in [0.3, 0.4) is 0 Å². The number of hydrogen-bond acceptors (Lipinski definition) is 3. The number of benzene rings is 1. The summed E-state index contributed by atoms with van der Waals surface area (Å²) < 4.78 is 0. The van der Waals surface area contributed by atoms with E-state index < -0.39 is 0 Å². The first-order chi connectivity index (χ1) is 8.77. The summed E-state index contributed by atoms with van der Waals surface area (Å²) in [5, 5.41) is 12.8. The summed E-state index contributed by atoms with van der Waals surface area (Å²) in [6, 6.07) is 7.25. The molecule has 4 nitrogen and oxygen atoms in total. The molecule has 2 rings (SSSR count). The number of hydrogen-bond donors (Lipinski definition) is 2. The van der Waals surface area contributed by atoms with Crippen LogP contribution in [0.5, 0.6) is 5.75 Å². The van der Waals surface area contributed by atoms with E-state index in [0.717, 1.165) is 31.5 Å². The van der Waals surface area contributed by atoms with Crippen molar-refractivity contribution in [2.24, 2.45) is 0 Å². The van der Waals surface area contributed by atoms with Crippen LogP contribution < -0.4 is 5.32 Å². The molecule has 0 saturated carbocycles. The first kappa shape index (κ1) is 12.9. The monoisotopic (exact) mass is 248 g/mol. The van der Waals surface area contributed by atoms with Crippen molar-refractivity contribution in [3.63, 3.8) is 0 Å². The molecule has 2 N–H and O–H groups in total. The van der Waals surface area contributed by atoms with Crippen molar-refractivity contribution in [1.29, 1.82) is 0 Å². The third-order valence-corrected chi connectivity index (χ3v) is 3.28. The van der Waals surface area contributed by atoms with E-state index >= 15 is 0 Å². The van der Waals surface area contributed by atoms with E-state index in [1.807, 2.05) is 17.0 Å². The molecule has 1 aromatic rings. The fraction of sp³-hybridized carbons (Fsp3) is 0.500. The molecule has 4 heteroatoms. The summed E-state index contributed by atoms with van der Waals surface area (Å²) in [4.78, 5) is 13.7. The zero-order valence-corrected chi connectivity index (χ0v) is 10.6. The van der Waals surface area contributed by atoms with Crippen LogP contribution in [-0.4, -0.2) is 35.5 Å². The third kappa shape index (κ3) is 3.47. The van der Waals surface area contributed by atoms with Gasteiger partial charge >= 0.3 is 0 Å². The van der Waals surface area contributed by atoms with Gasteiger partial charge in [0, 0.05) is 38.2 Å². The Hall–Kier alpha value is -1.55. The number of nitrogens with one attached hydrogen (secondary N) is 1. The highest BCUT2D eigenvalue weighted by atomic mass is 16.3. The Bertz CT molecular complexity index is 401. The second-order valence-corrected chi connectivity index (χ2v) is 4.64. The van der Waals surface area contributed by atoms with Crippen LogP contribution in [0.15, 0.2) is 24.3 Å². The van der Waals surface area contributed by atoms with Crippen molar-refractivity contribution in [2.75, 3.05) is 19.6 Å². The van der Waals surface area contributed by atoms with E-state index in [1.54, 1.807) is 12.1 Å². The van der Waals surface area contributed by atoms with Crippen LogP contribution in [-0.2, 0) is 11.3 Å². The average molecular weight is 248 g/mol. The maximum Gasteiger partial charge on any atom is 0.223 e. The zero-order valence-electron chi connectivity index (χ0n) is 10.6. The number of phenolic OH excluding ortho intramolecular Hbond substituents is 1. The number of rotatable bonds is 5. The Balaban J connectivity index is 1.67. The molecule has 1 fully saturated rings. The molecule has 0 unspecified atom stereocenters. The number of aromatic hydroxyl groups is 1. The Morgan fingerprint density at radius 1 is 1.28 bits per heavy atom. The Labute approximate surface area is 108 Å². The van der Waals surface area contributed by atoms with Crippen molar-refractivity contribution >= 4 is 5.91 Å². The predicted molar refractivity (Wildman–Crippen MR) is 70.2 cm³/mol. The topological polar surface area (TPSA) is 52.6 Å². The van der Waals surface area contributed by atoms with E-state index in [2.05, 4.69) is 5.32 Å². The van der Waals surface area contributed by atoms with Gasteiger partial charge in [-0.15, -0.1) is 0 Å². The minimum atomic E-state index is 0.234. The van der Waals surface area contributed by atoms with Gasteiger partial charge in [-0.1, -0.05) is 18.2 Å². The number of carbonyl (C=O) groups is 1. The molecule has 0 radical (unpaired) electrons. The number of carbonyl (C=O) groups excluding carboxylic acids is 1. The molecule has 1 saturated heterocycles. The van der Waals surface area contributed by atoms with E-state index in [9.17, 15) is 9.90 Å². The summed E-state index contributed by atoms with van der Waals surface area (Å²) in [6.45, 7) is 3.08. The number of para-hydroxylation sites is 1. The van der Waals surface area contributed by atoms with Crippen molar-refractivity contribution < 1.29 is 9.90 Å². The molecule has 1 amide bonds. The molecule has 0 spiro atoms. The maximum absolute atomic E-state index is 11.8. The van der Waals surface area contributed by atoms with Gasteiger partial charge in [-0.2, -0.15) is 0 Å². The summed E-state index contributed by atoms with van der Waals surface area (Å²) >= 11 is 0. The van der Waals surface area contributed by atoms with Crippen LogP contribution in [0.4, 0.5) is 0 Å². The van der Waals surface area contributed by atoms with Gasteiger partial charge in [-0.25, -0.2) is 0 Å². The first-order valence-electron chi connectivity index (χ1n) is 6.53. The molecule has 1 aromatic carbocycles. The van der Waals surface area contributed by atoms with Gasteiger partial charge in [0.1, 0.15) is 5.75 Å². The van der Waals surface area contributed by atoms with Crippen LogP contribution in [0.2, 0.25) is 0 Å². The Kier molecular flexibility index (Phi) is 4.59. The minimum Gasteiger partial charge on any atom is -0.508 e. The molecule has 18 heavy (non-hydrogen) atoms. The van der Waals surface area contributed by atoms with Gasteiger partial charge in [0.25, 0.3) is 0 Å². The molecular formula is C14H20N2O2. The first-order valence-corrected chi connectivity index (χ1v) is 6.53. The molecule has 0 atom stereocenters. The minimum absolute atomic E-state index is 0.234. The fourth-order valence-corrected chi connectivity index (χ4v) is 2.20. The SMILES string of the molecule is O=C(CCNCc1ccccc1O)N1CCCC1. The molecule has 1 aliphatic rings. The summed E-state index contributed by atoms with van der Waals surface area (Å²) in [5.74, 6) is 0.535. The summed E-state index contributed by atoms with van der Waals surface area (Å²) in [5.41, 5.74) is 0.867. The maximum atomic E-state index is 11.8. The molecule has 1 heterocycles. The summed E-state index contributed by atoms with van der Waals surface area (Å²) in [6.07, 6.45) is 2.81. The molecule has 0 bridgehead atoms. The van der Waals surface area contributed by atoms with E-state index in [-0.39, 0.29) is 5.91 Å². The number of nitrogens with zero attached hydrogens (tertiary/aromatic N) is 1. The Morgan fingerprint density at radius 2 is 2.00 bits per heavy atom. The van der Waals surface area contributed by atoms with Gasteiger partial charge in [-0.05, 0) is 18.9 Å². The second kappa shape index (κ2) is 6.40. The summed E-state index contributed by atoms with van der Waals surface area (Å²) in [7, 11) is 0. The van der Waals surface area contributed by atoms with Crippen molar-refractivity contribution in [2.45, 2.75) is 25.8 Å². The highest BCUT2D eigenvalue weighted by Gasteiger charge is 2.16. The number of amides is 1. The largest absolute Gasteiger partial charge is 0.508 e. The lowest BCUT2D eigenvalue weighted by atomic mass is 10.2. The third-order valence-electron chi connectivity index (χ3n) is 3.28. The number of likely N-dealkylation sites (tertiary alicyclic amines) is 1. The van der Waals surface area contributed by atoms with E-state index in [1.165, 1.54) is 0 Å². The molecular weight excluding hydrogens is 228 g/mol. The van der Waals surface area contributed by atoms with Gasteiger partial charge in [0.05, 0.1) is 0 Å². The average Bonchev–Trinajstić information content (AvgIpc) is 2.90. The smallest absolute Gasteiger partial charge is 0.223 e. The van der Waals surface area contributed by atoms with Crippen molar-refractivity contribution in [3.8, 4) is 5.75 Å². The lowest BCUT2D eigenvalue weighted by Crippen LogP contribution is -2.30. The standard InChI is InChI=1S/C14H20N2O2/c17-13-6-2-1-5-12(13)11-15-8-7-14(18)16-9-3-4-10-16/h1-2,5-6,15,17H,3-4,7-11H2. The van der Waals surface area contributed by atoms with E-state index in [0.29, 0.717) is 25.3 Å². The number of phenols is 1. The quantitative estimate of drug-likeness (QED) is 0.776. The molecule has 0 aliphatic carbocycles. The van der Waals surface area contributed by atoms with Crippen LogP contribution >= 0.6 is 0 Å². The van der Waals surface area contributed by atoms with E-state index in [4.69, 9.17) is 0 Å². The molecule has 98 valence electrons. The normalized spacial score (nSPS) is 15.0. The predicted octanol–water partition coefficient (Wildman–Crippen LogP) is 1.49. The van der Waals surface area contributed by atoms with Crippen LogP contribution in [0, 0.1) is 0 Å². The lowest BCUT2D eigenvalue weighted by molar-refractivity contribution is -0.130. The molecule has 1 aliphatic heterocycles.